The summed E-state index contributed by atoms with van der Waals surface area (Å²) in [6, 6.07) is 3.37. The van der Waals surface area contributed by atoms with Crippen molar-refractivity contribution in [2.75, 3.05) is 20.2 Å². The average Bonchev–Trinajstić information content (AvgIpc) is 3.57. The van der Waals surface area contributed by atoms with Gasteiger partial charge in [-0.3, -0.25) is 15.0 Å². The largest absolute Gasteiger partial charge is 0.504 e. The normalized spacial score (nSPS) is 35.5. The van der Waals surface area contributed by atoms with Gasteiger partial charge in [0.2, 0.25) is 0 Å². The van der Waals surface area contributed by atoms with Crippen molar-refractivity contribution in [3.8, 4) is 11.5 Å². The van der Waals surface area contributed by atoms with Crippen LogP contribution in [0.1, 0.15) is 63.5 Å². The summed E-state index contributed by atoms with van der Waals surface area (Å²) < 4.78 is 13.3. The summed E-state index contributed by atoms with van der Waals surface area (Å²) in [5.41, 5.74) is 1.60. The van der Waals surface area contributed by atoms with Gasteiger partial charge in [0.05, 0.1) is 11.0 Å². The monoisotopic (exact) mass is 542 g/mol. The Morgan fingerprint density at radius 1 is 1.28 bits per heavy atom. The highest BCUT2D eigenvalue weighted by Crippen LogP contribution is 2.66. The van der Waals surface area contributed by atoms with E-state index < -0.39 is 17.6 Å². The number of rotatable bonds is 8. The van der Waals surface area contributed by atoms with Crippen LogP contribution in [0, 0.1) is 11.8 Å². The van der Waals surface area contributed by atoms with E-state index in [9.17, 15) is 15.0 Å². The molecule has 1 aromatic rings. The number of halogens is 2. The maximum absolute atomic E-state index is 12.2. The van der Waals surface area contributed by atoms with Gasteiger partial charge in [0.15, 0.2) is 11.5 Å². The zero-order valence-electron chi connectivity index (χ0n) is 21.4. The number of hydrogen-bond acceptors (Lipinski definition) is 6. The molecule has 0 radical (unpaired) electrons. The van der Waals surface area contributed by atoms with Crippen LogP contribution in [0.3, 0.4) is 0 Å². The van der Waals surface area contributed by atoms with Crippen LogP contribution in [0.25, 0.3) is 0 Å². The van der Waals surface area contributed by atoms with Gasteiger partial charge in [-0.15, -0.1) is 24.8 Å². The van der Waals surface area contributed by atoms with E-state index >= 15 is 0 Å². The number of aliphatic carboxylic acids is 1. The molecule has 1 aromatic carbocycles. The van der Waals surface area contributed by atoms with Gasteiger partial charge in [-0.05, 0) is 68.5 Å². The minimum atomic E-state index is -0.810. The second-order valence-corrected chi connectivity index (χ2v) is 11.5. The Hall–Kier alpha value is -1.25. The Bertz CT molecular complexity index is 1010. The van der Waals surface area contributed by atoms with Crippen LogP contribution >= 0.6 is 24.8 Å². The Morgan fingerprint density at radius 2 is 2.03 bits per heavy atom. The third kappa shape index (κ3) is 3.68. The summed E-state index contributed by atoms with van der Waals surface area (Å²) in [7, 11) is 1.85. The molecule has 0 amide bonds. The molecule has 3 aliphatic carbocycles. The third-order valence-corrected chi connectivity index (χ3v) is 9.96. The van der Waals surface area contributed by atoms with E-state index in [2.05, 4.69) is 16.3 Å². The number of piperidine rings is 1. The van der Waals surface area contributed by atoms with Gasteiger partial charge in [-0.1, -0.05) is 26.3 Å². The lowest BCUT2D eigenvalue weighted by Crippen LogP contribution is -2.79. The van der Waals surface area contributed by atoms with Gasteiger partial charge in [-0.25, -0.2) is 0 Å². The number of likely N-dealkylation sites (tertiary alicyclic amines) is 1. The zero-order chi connectivity index (χ0) is 23.8. The first kappa shape index (κ1) is 27.8. The van der Waals surface area contributed by atoms with E-state index in [1.165, 1.54) is 18.4 Å². The first-order valence-electron chi connectivity index (χ1n) is 13.2. The van der Waals surface area contributed by atoms with Gasteiger partial charge >= 0.3 is 5.97 Å². The molecule has 7 atom stereocenters. The maximum atomic E-state index is 12.2. The van der Waals surface area contributed by atoms with Crippen LogP contribution < -0.4 is 10.1 Å². The highest BCUT2D eigenvalue weighted by molar-refractivity contribution is 5.85. The number of nitrogens with one attached hydrogen (secondary N) is 1. The molecule has 36 heavy (non-hydrogen) atoms. The van der Waals surface area contributed by atoms with Crippen LogP contribution in [0.2, 0.25) is 0 Å². The lowest BCUT2D eigenvalue weighted by molar-refractivity contribution is -0.208. The van der Waals surface area contributed by atoms with Crippen molar-refractivity contribution in [3.63, 3.8) is 0 Å². The average molecular weight is 544 g/mol. The first-order valence-corrected chi connectivity index (χ1v) is 13.2. The molecule has 2 bridgehead atoms. The summed E-state index contributed by atoms with van der Waals surface area (Å²) >= 11 is 0. The summed E-state index contributed by atoms with van der Waals surface area (Å²) in [6.07, 6.45) is 6.63. The van der Waals surface area contributed by atoms with E-state index in [1.807, 2.05) is 21.0 Å². The number of aromatic hydroxyl groups is 1. The molecule has 2 saturated carbocycles. The minimum Gasteiger partial charge on any atom is -0.504 e. The van der Waals surface area contributed by atoms with Crippen LogP contribution in [0.4, 0.5) is 0 Å². The molecular weight excluding hydrogens is 503 g/mol. The lowest BCUT2D eigenvalue weighted by Gasteiger charge is -2.66. The topological polar surface area (TPSA) is 91.3 Å². The van der Waals surface area contributed by atoms with Crippen LogP contribution in [0.5, 0.6) is 11.5 Å². The highest BCUT2D eigenvalue weighted by Gasteiger charge is 2.74. The molecule has 2 aliphatic heterocycles. The number of ether oxygens (including phenoxy) is 2. The summed E-state index contributed by atoms with van der Waals surface area (Å²) in [6.45, 7) is 6.15. The molecular formula is C27H40Cl2N2O5. The molecule has 6 rings (SSSR count). The Morgan fingerprint density at radius 3 is 2.67 bits per heavy atom. The Balaban J connectivity index is 0.00000152. The number of hydrogen-bond donors (Lipinski definition) is 3. The molecule has 9 heteroatoms. The first-order chi connectivity index (χ1) is 16.4. The van der Waals surface area contributed by atoms with Gasteiger partial charge in [0.25, 0.3) is 0 Å². The van der Waals surface area contributed by atoms with Gasteiger partial charge in [0, 0.05) is 31.3 Å². The van der Waals surface area contributed by atoms with Crippen molar-refractivity contribution in [3.05, 3.63) is 23.3 Å². The fourth-order valence-electron chi connectivity index (χ4n) is 7.99. The molecule has 3 fully saturated rings. The third-order valence-electron chi connectivity index (χ3n) is 9.96. The van der Waals surface area contributed by atoms with E-state index in [4.69, 9.17) is 9.47 Å². The van der Waals surface area contributed by atoms with E-state index in [0.29, 0.717) is 5.75 Å². The highest BCUT2D eigenvalue weighted by atomic mass is 35.5. The number of benzene rings is 1. The molecule has 7 nitrogen and oxygen atoms in total. The molecule has 2 unspecified atom stereocenters. The number of carboxylic acids is 1. The fraction of sp³-hybridized carbons (Fsp3) is 0.741. The second kappa shape index (κ2) is 9.81. The smallest absolute Gasteiger partial charge is 0.320 e. The molecule has 0 aromatic heterocycles. The van der Waals surface area contributed by atoms with Crippen molar-refractivity contribution in [1.82, 2.24) is 10.2 Å². The Labute approximate surface area is 226 Å². The number of phenols is 1. The second-order valence-electron chi connectivity index (χ2n) is 11.5. The summed E-state index contributed by atoms with van der Waals surface area (Å²) in [4.78, 5) is 14.8. The van der Waals surface area contributed by atoms with Gasteiger partial charge < -0.3 is 19.7 Å². The number of methoxy groups -OCH3 is 1. The number of phenolic OH excluding ortho intramolecular Hbond substituents is 1. The summed E-state index contributed by atoms with van der Waals surface area (Å²) in [5.74, 6) is 0.788. The van der Waals surface area contributed by atoms with Crippen molar-refractivity contribution in [2.24, 2.45) is 11.8 Å². The molecule has 202 valence electrons. The molecule has 2 heterocycles. The Kier molecular flexibility index (Phi) is 7.57. The number of carboxylic acid groups (broad SMARTS) is 1. The van der Waals surface area contributed by atoms with Crippen molar-refractivity contribution in [1.29, 1.82) is 0 Å². The number of nitrogens with zero attached hydrogens (tertiary/aromatic N) is 1. The van der Waals surface area contributed by atoms with Gasteiger partial charge in [-0.2, -0.15) is 0 Å². The molecule has 1 saturated heterocycles. The van der Waals surface area contributed by atoms with Crippen LogP contribution in [-0.4, -0.2) is 71.1 Å². The number of carbonyl (C=O) groups is 1. The maximum Gasteiger partial charge on any atom is 0.320 e. The van der Waals surface area contributed by atoms with E-state index in [1.54, 1.807) is 6.07 Å². The van der Waals surface area contributed by atoms with Gasteiger partial charge in [0.1, 0.15) is 12.1 Å². The quantitative estimate of drug-likeness (QED) is 0.458. The predicted molar refractivity (Wildman–Crippen MR) is 142 cm³/mol. The van der Waals surface area contributed by atoms with Crippen molar-refractivity contribution < 1.29 is 24.5 Å². The molecule has 3 N–H and O–H groups in total. The fourth-order valence-corrected chi connectivity index (χ4v) is 7.99. The lowest BCUT2D eigenvalue weighted by atomic mass is 9.48. The zero-order valence-corrected chi connectivity index (χ0v) is 23.0. The van der Waals surface area contributed by atoms with E-state index in [-0.39, 0.29) is 60.1 Å². The summed E-state index contributed by atoms with van der Waals surface area (Å²) in [5, 5.41) is 24.3. The minimum absolute atomic E-state index is 0. The van der Waals surface area contributed by atoms with Crippen molar-refractivity contribution >= 4 is 30.8 Å². The molecule has 5 aliphatic rings. The predicted octanol–water partition coefficient (Wildman–Crippen LogP) is 3.91. The van der Waals surface area contributed by atoms with Crippen LogP contribution in [-0.2, 0) is 21.4 Å². The van der Waals surface area contributed by atoms with Crippen LogP contribution in [0.15, 0.2) is 12.1 Å². The molecule has 1 spiro atoms. The van der Waals surface area contributed by atoms with Crippen molar-refractivity contribution in [2.45, 2.75) is 94.0 Å². The van der Waals surface area contributed by atoms with E-state index in [0.717, 1.165) is 56.7 Å². The standard InChI is InChI=1S/C27H38N2O5.2ClH/c1-4-15(2)22(25(31)32)28-18-9-10-27(33-3)20-13-17-7-8-19(30)23-21(17)26(27,24(18)34-23)11-12-29(20)14-16-5-6-16;;/h7-8,15-16,18,20,22,24,28,30H,4-6,9-14H2,1-3H3,(H,31,32);2*1H/t15-,18?,20+,22-,24?,26-,27+;;/m0../s1. The SMILES string of the molecule is CC[C@H](C)[C@H](NC1CC[C@@]2(OC)[C@H]3Cc4ccc(O)c5c4[C@@]2(CCN3CC2CC2)C1O5)C(=O)O.Cl.Cl.